The maximum Gasteiger partial charge on any atom is 0.150 e. The molecule has 0 aliphatic carbocycles. The van der Waals surface area contributed by atoms with E-state index in [1.807, 2.05) is 7.05 Å². The molecule has 0 fully saturated rings. The van der Waals surface area contributed by atoms with E-state index >= 15 is 0 Å². The molecule has 0 spiro atoms. The molecule has 0 aliphatic heterocycles. The van der Waals surface area contributed by atoms with Crippen LogP contribution in [0.15, 0.2) is 0 Å². The Hall–Kier alpha value is -0.130. The third kappa shape index (κ3) is 4.94. The molecule has 0 bridgehead atoms. The fourth-order valence-corrected chi connectivity index (χ4v) is 3.00. The van der Waals surface area contributed by atoms with E-state index in [0.717, 1.165) is 19.4 Å². The van der Waals surface area contributed by atoms with Gasteiger partial charge in [0.05, 0.1) is 5.75 Å². The quantitative estimate of drug-likeness (QED) is 0.681. The van der Waals surface area contributed by atoms with Crippen LogP contribution in [0.4, 0.5) is 0 Å². The monoisotopic (exact) mass is 264 g/mol. The fraction of sp³-hybridized carbons (Fsp3) is 1.00. The van der Waals surface area contributed by atoms with Crippen LogP contribution in [0.1, 0.15) is 40.0 Å². The van der Waals surface area contributed by atoms with Crippen molar-refractivity contribution in [1.82, 2.24) is 4.90 Å². The first-order chi connectivity index (χ1) is 7.87. The molecule has 17 heavy (non-hydrogen) atoms. The molecule has 4 nitrogen and oxygen atoms in total. The molecule has 2 N–H and O–H groups in total. The first-order valence-corrected chi connectivity index (χ1v) is 8.31. The van der Waals surface area contributed by atoms with E-state index < -0.39 is 9.84 Å². The van der Waals surface area contributed by atoms with Crippen LogP contribution in [-0.2, 0) is 9.84 Å². The van der Waals surface area contributed by atoms with Gasteiger partial charge in [-0.15, -0.1) is 0 Å². The maximum absolute atomic E-state index is 11.4. The van der Waals surface area contributed by atoms with Crippen LogP contribution in [0.25, 0.3) is 0 Å². The summed E-state index contributed by atoms with van der Waals surface area (Å²) in [4.78, 5) is 2.22. The molecule has 0 unspecified atom stereocenters. The van der Waals surface area contributed by atoms with Crippen LogP contribution in [0.2, 0.25) is 0 Å². The molecule has 0 aromatic carbocycles. The summed E-state index contributed by atoms with van der Waals surface area (Å²) >= 11 is 0. The molecule has 0 atom stereocenters. The van der Waals surface area contributed by atoms with E-state index in [2.05, 4.69) is 18.7 Å². The van der Waals surface area contributed by atoms with E-state index in [9.17, 15) is 8.42 Å². The smallest absolute Gasteiger partial charge is 0.150 e. The Bertz CT molecular complexity index is 289. The molecule has 104 valence electrons. The highest BCUT2D eigenvalue weighted by atomic mass is 32.2. The van der Waals surface area contributed by atoms with Gasteiger partial charge < -0.3 is 5.73 Å². The Morgan fingerprint density at radius 1 is 1.18 bits per heavy atom. The fourth-order valence-electron chi connectivity index (χ4n) is 2.14. The van der Waals surface area contributed by atoms with Crippen LogP contribution in [0.5, 0.6) is 0 Å². The highest BCUT2D eigenvalue weighted by Gasteiger charge is 2.28. The molecule has 0 heterocycles. The summed E-state index contributed by atoms with van der Waals surface area (Å²) in [5.74, 6) is 0.516. The van der Waals surface area contributed by atoms with Crippen molar-refractivity contribution < 1.29 is 8.42 Å². The summed E-state index contributed by atoms with van der Waals surface area (Å²) in [6.45, 7) is 7.38. The maximum atomic E-state index is 11.4. The summed E-state index contributed by atoms with van der Waals surface area (Å²) in [7, 11) is -0.799. The van der Waals surface area contributed by atoms with Gasteiger partial charge >= 0.3 is 0 Å². The summed E-state index contributed by atoms with van der Waals surface area (Å²) in [6.07, 6.45) is 2.68. The first-order valence-electron chi connectivity index (χ1n) is 6.49. The van der Waals surface area contributed by atoms with Crippen molar-refractivity contribution in [2.45, 2.75) is 45.6 Å². The van der Waals surface area contributed by atoms with Crippen molar-refractivity contribution >= 4 is 9.84 Å². The lowest BCUT2D eigenvalue weighted by molar-refractivity contribution is 0.116. The third-order valence-electron chi connectivity index (χ3n) is 3.89. The normalized spacial score (nSPS) is 13.3. The number of rotatable bonds is 9. The lowest BCUT2D eigenvalue weighted by Gasteiger charge is -2.40. The Morgan fingerprint density at radius 3 is 2.06 bits per heavy atom. The van der Waals surface area contributed by atoms with Gasteiger partial charge in [0.25, 0.3) is 0 Å². The Labute approximate surface area is 106 Å². The topological polar surface area (TPSA) is 63.4 Å². The number of hydrogen-bond acceptors (Lipinski definition) is 4. The molecule has 0 saturated heterocycles. The molecular weight excluding hydrogens is 236 g/mol. The molecule has 0 amide bonds. The lowest BCUT2D eigenvalue weighted by Crippen LogP contribution is -2.51. The molecule has 0 radical (unpaired) electrons. The van der Waals surface area contributed by atoms with Crippen LogP contribution in [-0.4, -0.2) is 50.5 Å². The second-order valence-corrected chi connectivity index (χ2v) is 7.12. The van der Waals surface area contributed by atoms with Crippen molar-refractivity contribution in [3.05, 3.63) is 0 Å². The lowest BCUT2D eigenvalue weighted by atomic mass is 9.91. The van der Waals surface area contributed by atoms with Crippen molar-refractivity contribution in [2.75, 3.05) is 31.6 Å². The standard InChI is InChI=1S/C12H28N2O2S/c1-5-12(6-2,11-13)14(4)9-8-10-17(15,16)7-3/h5-11,13H2,1-4H3. The Kier molecular flexibility index (Phi) is 7.28. The van der Waals surface area contributed by atoms with Gasteiger partial charge in [0, 0.05) is 17.8 Å². The Morgan fingerprint density at radius 2 is 1.71 bits per heavy atom. The van der Waals surface area contributed by atoms with Crippen molar-refractivity contribution in [3.8, 4) is 0 Å². The number of hydrogen-bond donors (Lipinski definition) is 1. The van der Waals surface area contributed by atoms with Crippen LogP contribution in [0.3, 0.4) is 0 Å². The summed E-state index contributed by atoms with van der Waals surface area (Å²) in [5, 5.41) is 0. The third-order valence-corrected chi connectivity index (χ3v) is 5.68. The average Bonchev–Trinajstić information content (AvgIpc) is 2.32. The van der Waals surface area contributed by atoms with E-state index in [4.69, 9.17) is 5.73 Å². The molecule has 0 saturated carbocycles. The summed E-state index contributed by atoms with van der Waals surface area (Å²) in [6, 6.07) is 0. The molecule has 0 aromatic heterocycles. The summed E-state index contributed by atoms with van der Waals surface area (Å²) < 4.78 is 22.8. The van der Waals surface area contributed by atoms with Crippen molar-refractivity contribution in [1.29, 1.82) is 0 Å². The van der Waals surface area contributed by atoms with Crippen LogP contribution >= 0.6 is 0 Å². The van der Waals surface area contributed by atoms with Gasteiger partial charge in [0.15, 0.2) is 0 Å². The minimum atomic E-state index is -2.84. The predicted molar refractivity (Wildman–Crippen MR) is 73.9 cm³/mol. The molecule has 0 aliphatic rings. The van der Waals surface area contributed by atoms with E-state index in [-0.39, 0.29) is 17.0 Å². The zero-order valence-corrected chi connectivity index (χ0v) is 12.5. The Balaban J connectivity index is 4.30. The van der Waals surface area contributed by atoms with Gasteiger partial charge in [0.1, 0.15) is 9.84 Å². The second-order valence-electron chi connectivity index (χ2n) is 4.65. The zero-order valence-electron chi connectivity index (χ0n) is 11.7. The number of likely N-dealkylation sites (N-methyl/N-ethyl adjacent to an activating group) is 1. The molecule has 0 aromatic rings. The number of nitrogens with two attached hydrogens (primary N) is 1. The second kappa shape index (κ2) is 7.34. The van der Waals surface area contributed by atoms with Crippen LogP contribution < -0.4 is 5.73 Å². The SMILES string of the molecule is CCC(CC)(CN)N(C)CCCS(=O)(=O)CC. The van der Waals surface area contributed by atoms with Gasteiger partial charge in [-0.25, -0.2) is 8.42 Å². The van der Waals surface area contributed by atoms with Gasteiger partial charge in [-0.3, -0.25) is 4.90 Å². The van der Waals surface area contributed by atoms with E-state index in [0.29, 0.717) is 13.0 Å². The van der Waals surface area contributed by atoms with Gasteiger partial charge in [0.2, 0.25) is 0 Å². The predicted octanol–water partition coefficient (Wildman–Crippen LogP) is 1.26. The molecular formula is C12H28N2O2S. The van der Waals surface area contributed by atoms with Crippen molar-refractivity contribution in [3.63, 3.8) is 0 Å². The first kappa shape index (κ1) is 16.9. The highest BCUT2D eigenvalue weighted by molar-refractivity contribution is 7.91. The summed E-state index contributed by atoms with van der Waals surface area (Å²) in [5.41, 5.74) is 5.88. The largest absolute Gasteiger partial charge is 0.329 e. The van der Waals surface area contributed by atoms with Gasteiger partial charge in [-0.05, 0) is 32.9 Å². The molecule has 0 rings (SSSR count). The minimum absolute atomic E-state index is 0.0238. The van der Waals surface area contributed by atoms with E-state index in [1.165, 1.54) is 0 Å². The van der Waals surface area contributed by atoms with Crippen LogP contribution in [0, 0.1) is 0 Å². The van der Waals surface area contributed by atoms with Gasteiger partial charge in [-0.2, -0.15) is 0 Å². The van der Waals surface area contributed by atoms with Crippen molar-refractivity contribution in [2.24, 2.45) is 5.73 Å². The number of nitrogens with zero attached hydrogens (tertiary/aromatic N) is 1. The highest BCUT2D eigenvalue weighted by Crippen LogP contribution is 2.21. The average molecular weight is 264 g/mol. The zero-order chi connectivity index (χ0) is 13.5. The van der Waals surface area contributed by atoms with Gasteiger partial charge in [-0.1, -0.05) is 20.8 Å². The minimum Gasteiger partial charge on any atom is -0.329 e. The van der Waals surface area contributed by atoms with E-state index in [1.54, 1.807) is 6.92 Å². The number of sulfone groups is 1. The molecule has 5 heteroatoms.